The number of carbonyl (C=O) groups is 3. The van der Waals surface area contributed by atoms with Gasteiger partial charge in [-0.15, -0.1) is 0 Å². The number of carbonyl (C=O) groups excluding carboxylic acids is 3. The average Bonchev–Trinajstić information content (AvgIpc) is 2.85. The number of imide groups is 1. The van der Waals surface area contributed by atoms with Crippen molar-refractivity contribution in [2.45, 2.75) is 26.2 Å². The van der Waals surface area contributed by atoms with E-state index in [1.54, 1.807) is 18.2 Å². The van der Waals surface area contributed by atoms with E-state index in [0.29, 0.717) is 29.5 Å². The van der Waals surface area contributed by atoms with Crippen molar-refractivity contribution in [2.75, 3.05) is 13.1 Å². The Labute approximate surface area is 161 Å². The van der Waals surface area contributed by atoms with Gasteiger partial charge in [0.1, 0.15) is 11.6 Å². The number of nitrogens with one attached hydrogen (secondary N) is 1. The van der Waals surface area contributed by atoms with Crippen LogP contribution in [0.2, 0.25) is 0 Å². The van der Waals surface area contributed by atoms with E-state index in [2.05, 4.69) is 5.32 Å². The number of nitrogens with zero attached hydrogens (tertiary/aromatic N) is 1. The molecule has 5 nitrogen and oxygen atoms in total. The van der Waals surface area contributed by atoms with Crippen LogP contribution in [0.25, 0.3) is 0 Å². The third kappa shape index (κ3) is 4.42. The van der Waals surface area contributed by atoms with Crippen molar-refractivity contribution in [3.8, 4) is 0 Å². The van der Waals surface area contributed by atoms with Gasteiger partial charge < -0.3 is 5.32 Å². The number of amides is 3. The second-order valence-electron chi connectivity index (χ2n) is 6.79. The fraction of sp³-hybridized carbons (Fsp3) is 0.286. The first kappa shape index (κ1) is 19.7. The first-order valence-electron chi connectivity index (χ1n) is 9.03. The highest BCUT2D eigenvalue weighted by atomic mass is 19.1. The highest BCUT2D eigenvalue weighted by Crippen LogP contribution is 2.24. The molecule has 0 fully saturated rings. The van der Waals surface area contributed by atoms with Gasteiger partial charge in [0.15, 0.2) is 0 Å². The van der Waals surface area contributed by atoms with Crippen molar-refractivity contribution in [3.63, 3.8) is 0 Å². The van der Waals surface area contributed by atoms with Crippen LogP contribution in [0.1, 0.15) is 44.7 Å². The molecule has 2 aromatic carbocycles. The minimum Gasteiger partial charge on any atom is -0.356 e. The quantitative estimate of drug-likeness (QED) is 0.744. The normalized spacial score (nSPS) is 13.0. The van der Waals surface area contributed by atoms with Crippen molar-refractivity contribution in [2.24, 2.45) is 0 Å². The maximum absolute atomic E-state index is 13.1. The molecule has 0 bridgehead atoms. The molecule has 0 unspecified atom stereocenters. The number of hydrogen-bond acceptors (Lipinski definition) is 3. The average molecular weight is 386 g/mol. The first-order valence-corrected chi connectivity index (χ1v) is 9.03. The summed E-state index contributed by atoms with van der Waals surface area (Å²) in [6, 6.07) is 8.36. The molecule has 146 valence electrons. The number of benzene rings is 2. The van der Waals surface area contributed by atoms with E-state index in [4.69, 9.17) is 0 Å². The zero-order valence-corrected chi connectivity index (χ0v) is 15.4. The Morgan fingerprint density at radius 3 is 2.39 bits per heavy atom. The van der Waals surface area contributed by atoms with Crippen molar-refractivity contribution in [3.05, 3.63) is 70.3 Å². The number of hydrogen-bond donors (Lipinski definition) is 1. The minimum absolute atomic E-state index is 0.143. The van der Waals surface area contributed by atoms with Crippen LogP contribution in [0.3, 0.4) is 0 Å². The lowest BCUT2D eigenvalue weighted by Crippen LogP contribution is -2.32. The van der Waals surface area contributed by atoms with Crippen LogP contribution in [0.15, 0.2) is 36.4 Å². The Balaban J connectivity index is 1.43. The van der Waals surface area contributed by atoms with Gasteiger partial charge in [0.25, 0.3) is 11.8 Å². The molecule has 1 heterocycles. The van der Waals surface area contributed by atoms with Gasteiger partial charge in [0.05, 0.1) is 11.1 Å². The standard InChI is InChI=1S/C21H20F2N2O3/c1-13-4-5-17-18(9-13)21(28)25(20(17)27)8-2-3-19(26)24-7-6-14-10-15(22)12-16(23)11-14/h4-5,9-12H,2-3,6-8H2,1H3,(H,24,26). The second-order valence-corrected chi connectivity index (χ2v) is 6.79. The molecule has 0 spiro atoms. The number of fused-ring (bicyclic) bond motifs is 1. The molecule has 2 aromatic rings. The van der Waals surface area contributed by atoms with Gasteiger partial charge in [-0.05, 0) is 49.6 Å². The number of aryl methyl sites for hydroxylation is 1. The number of halogens is 2. The van der Waals surface area contributed by atoms with Crippen LogP contribution in [0, 0.1) is 18.6 Å². The summed E-state index contributed by atoms with van der Waals surface area (Å²) in [6.07, 6.45) is 0.785. The van der Waals surface area contributed by atoms with Crippen molar-refractivity contribution in [1.82, 2.24) is 10.2 Å². The molecule has 1 N–H and O–H groups in total. The molecule has 0 aliphatic carbocycles. The first-order chi connectivity index (χ1) is 13.3. The van der Waals surface area contributed by atoms with E-state index in [1.165, 1.54) is 12.1 Å². The Hall–Kier alpha value is -3.09. The summed E-state index contributed by atoms with van der Waals surface area (Å²) >= 11 is 0. The molecule has 0 radical (unpaired) electrons. The molecule has 0 saturated heterocycles. The van der Waals surface area contributed by atoms with Gasteiger partial charge >= 0.3 is 0 Å². The summed E-state index contributed by atoms with van der Waals surface area (Å²) in [5.74, 6) is -2.23. The fourth-order valence-electron chi connectivity index (χ4n) is 3.20. The topological polar surface area (TPSA) is 66.5 Å². The summed E-state index contributed by atoms with van der Waals surface area (Å²) in [6.45, 7) is 2.26. The fourth-order valence-corrected chi connectivity index (χ4v) is 3.20. The van der Waals surface area contributed by atoms with Crippen LogP contribution in [0.4, 0.5) is 8.78 Å². The lowest BCUT2D eigenvalue weighted by Gasteiger charge is -2.13. The predicted molar refractivity (Wildman–Crippen MR) is 98.9 cm³/mol. The van der Waals surface area contributed by atoms with Crippen LogP contribution in [-0.2, 0) is 11.2 Å². The van der Waals surface area contributed by atoms with Gasteiger partial charge in [-0.2, -0.15) is 0 Å². The van der Waals surface area contributed by atoms with E-state index in [9.17, 15) is 23.2 Å². The molecule has 0 atom stereocenters. The zero-order valence-electron chi connectivity index (χ0n) is 15.4. The van der Waals surface area contributed by atoms with Gasteiger partial charge in [0.2, 0.25) is 5.91 Å². The Morgan fingerprint density at radius 2 is 1.68 bits per heavy atom. The monoisotopic (exact) mass is 386 g/mol. The van der Waals surface area contributed by atoms with Crippen molar-refractivity contribution >= 4 is 17.7 Å². The lowest BCUT2D eigenvalue weighted by molar-refractivity contribution is -0.121. The maximum atomic E-state index is 13.1. The molecule has 3 amide bonds. The second kappa shape index (κ2) is 8.29. The van der Waals surface area contributed by atoms with Crippen LogP contribution in [0.5, 0.6) is 0 Å². The molecule has 1 aliphatic heterocycles. The molecule has 28 heavy (non-hydrogen) atoms. The molecule has 3 rings (SSSR count). The summed E-state index contributed by atoms with van der Waals surface area (Å²) in [5.41, 5.74) is 2.15. The van der Waals surface area contributed by atoms with Crippen LogP contribution >= 0.6 is 0 Å². The summed E-state index contributed by atoms with van der Waals surface area (Å²) in [5, 5.41) is 2.67. The van der Waals surface area contributed by atoms with Gasteiger partial charge in [-0.3, -0.25) is 19.3 Å². The highest BCUT2D eigenvalue weighted by molar-refractivity contribution is 6.21. The Kier molecular flexibility index (Phi) is 5.82. The Bertz CT molecular complexity index is 923. The minimum atomic E-state index is -0.655. The molecule has 7 heteroatoms. The smallest absolute Gasteiger partial charge is 0.261 e. The molecule has 1 aliphatic rings. The van der Waals surface area contributed by atoms with E-state index >= 15 is 0 Å². The van der Waals surface area contributed by atoms with E-state index < -0.39 is 11.6 Å². The molecular weight excluding hydrogens is 366 g/mol. The van der Waals surface area contributed by atoms with Crippen LogP contribution < -0.4 is 5.32 Å². The third-order valence-corrected chi connectivity index (χ3v) is 4.57. The van der Waals surface area contributed by atoms with Gasteiger partial charge in [0, 0.05) is 25.6 Å². The van der Waals surface area contributed by atoms with E-state index in [-0.39, 0.29) is 37.2 Å². The summed E-state index contributed by atoms with van der Waals surface area (Å²) in [7, 11) is 0. The SMILES string of the molecule is Cc1ccc2c(c1)C(=O)N(CCCC(=O)NCCc1cc(F)cc(F)c1)C2=O. The molecule has 0 aromatic heterocycles. The number of rotatable bonds is 7. The predicted octanol–water partition coefficient (Wildman–Crippen LogP) is 3.01. The summed E-state index contributed by atoms with van der Waals surface area (Å²) in [4.78, 5) is 37.8. The lowest BCUT2D eigenvalue weighted by atomic mass is 10.1. The molecule has 0 saturated carbocycles. The van der Waals surface area contributed by atoms with Crippen molar-refractivity contribution < 1.29 is 23.2 Å². The Morgan fingerprint density at radius 1 is 1.00 bits per heavy atom. The van der Waals surface area contributed by atoms with Gasteiger partial charge in [-0.25, -0.2) is 8.78 Å². The maximum Gasteiger partial charge on any atom is 0.261 e. The molecular formula is C21H20F2N2O3. The van der Waals surface area contributed by atoms with Crippen molar-refractivity contribution in [1.29, 1.82) is 0 Å². The third-order valence-electron chi connectivity index (χ3n) is 4.57. The van der Waals surface area contributed by atoms with E-state index in [0.717, 1.165) is 16.5 Å². The highest BCUT2D eigenvalue weighted by Gasteiger charge is 2.34. The van der Waals surface area contributed by atoms with Gasteiger partial charge in [-0.1, -0.05) is 11.6 Å². The zero-order chi connectivity index (χ0) is 20.3. The van der Waals surface area contributed by atoms with Crippen LogP contribution in [-0.4, -0.2) is 35.7 Å². The largest absolute Gasteiger partial charge is 0.356 e. The summed E-state index contributed by atoms with van der Waals surface area (Å²) < 4.78 is 26.3. The van der Waals surface area contributed by atoms with E-state index in [1.807, 2.05) is 6.92 Å².